The van der Waals surface area contributed by atoms with Crippen LogP contribution in [0.4, 0.5) is 0 Å². The molecular formula is C15H17ClN2O2. The first-order valence-corrected chi connectivity index (χ1v) is 6.41. The number of amides is 1. The number of nitrogens with two attached hydrogens (primary N) is 1. The highest BCUT2D eigenvalue weighted by atomic mass is 35.5. The maximum atomic E-state index is 12.0. The first-order chi connectivity index (χ1) is 9.28. The normalized spacial score (nSPS) is 20.1. The monoisotopic (exact) mass is 292 g/mol. The molecular weight excluding hydrogens is 276 g/mol. The molecule has 1 aliphatic rings. The first kappa shape index (κ1) is 14.6. The van der Waals surface area contributed by atoms with Crippen LogP contribution in [0.15, 0.2) is 47.1 Å². The minimum absolute atomic E-state index is 0. The van der Waals surface area contributed by atoms with Crippen molar-refractivity contribution in [3.8, 4) is 0 Å². The molecule has 0 aliphatic heterocycles. The van der Waals surface area contributed by atoms with Crippen LogP contribution < -0.4 is 11.1 Å². The van der Waals surface area contributed by atoms with Crippen LogP contribution in [0.3, 0.4) is 0 Å². The fourth-order valence-electron chi connectivity index (χ4n) is 2.28. The van der Waals surface area contributed by atoms with Crippen molar-refractivity contribution in [1.82, 2.24) is 5.32 Å². The van der Waals surface area contributed by atoms with E-state index in [4.69, 9.17) is 10.2 Å². The number of rotatable bonds is 4. The van der Waals surface area contributed by atoms with E-state index in [1.54, 1.807) is 6.07 Å². The van der Waals surface area contributed by atoms with E-state index in [2.05, 4.69) is 17.4 Å². The van der Waals surface area contributed by atoms with Crippen molar-refractivity contribution in [2.45, 2.75) is 24.9 Å². The number of furan rings is 1. The van der Waals surface area contributed by atoms with Gasteiger partial charge < -0.3 is 15.5 Å². The first-order valence-electron chi connectivity index (χ1n) is 6.41. The Morgan fingerprint density at radius 3 is 2.75 bits per heavy atom. The van der Waals surface area contributed by atoms with Gasteiger partial charge in [-0.05, 0) is 18.1 Å². The molecule has 0 saturated heterocycles. The zero-order valence-corrected chi connectivity index (χ0v) is 11.7. The summed E-state index contributed by atoms with van der Waals surface area (Å²) in [5, 5.41) is 3.02. The summed E-state index contributed by atoms with van der Waals surface area (Å²) < 4.78 is 5.16. The number of halogens is 1. The molecule has 1 aromatic carbocycles. The van der Waals surface area contributed by atoms with Crippen LogP contribution in [-0.4, -0.2) is 11.9 Å². The Bertz CT molecular complexity index is 583. The van der Waals surface area contributed by atoms with E-state index < -0.39 is 0 Å². The van der Waals surface area contributed by atoms with Crippen molar-refractivity contribution in [1.29, 1.82) is 0 Å². The molecule has 1 amide bonds. The number of carbonyl (C=O) groups excluding carboxylic acids is 1. The van der Waals surface area contributed by atoms with Crippen molar-refractivity contribution in [3.63, 3.8) is 0 Å². The average Bonchev–Trinajstić information content (AvgIpc) is 3.04. The fourth-order valence-corrected chi connectivity index (χ4v) is 2.28. The summed E-state index contributed by atoms with van der Waals surface area (Å²) >= 11 is 0. The zero-order chi connectivity index (χ0) is 13.2. The van der Waals surface area contributed by atoms with Crippen LogP contribution in [0.25, 0.3) is 0 Å². The second kappa shape index (κ2) is 6.11. The lowest BCUT2D eigenvalue weighted by Gasteiger charge is -2.02. The second-order valence-electron chi connectivity index (χ2n) is 4.84. The highest BCUT2D eigenvalue weighted by molar-refractivity contribution is 5.94. The zero-order valence-electron chi connectivity index (χ0n) is 10.9. The minimum atomic E-state index is -0.0909. The summed E-state index contributed by atoms with van der Waals surface area (Å²) in [5.74, 6) is 0.971. The Morgan fingerprint density at radius 1 is 1.35 bits per heavy atom. The summed E-state index contributed by atoms with van der Waals surface area (Å²) in [6.45, 7) is 0.309. The summed E-state index contributed by atoms with van der Waals surface area (Å²) in [4.78, 5) is 12.0. The van der Waals surface area contributed by atoms with Crippen LogP contribution in [0.1, 0.15) is 34.0 Å². The van der Waals surface area contributed by atoms with Gasteiger partial charge in [-0.1, -0.05) is 30.3 Å². The summed E-state index contributed by atoms with van der Waals surface area (Å²) in [6.07, 6.45) is 2.45. The fraction of sp³-hybridized carbons (Fsp3) is 0.267. The van der Waals surface area contributed by atoms with E-state index in [1.165, 1.54) is 11.8 Å². The maximum absolute atomic E-state index is 12.0. The standard InChI is InChI=1S/C15H16N2O2.ClH/c16-8-12-6-11(9-19-12)15(18)17-14-7-13(14)10-4-2-1-3-5-10;/h1-6,9,13-14H,7-8,16H2,(H,17,18);1H. The Morgan fingerprint density at radius 2 is 2.10 bits per heavy atom. The number of benzene rings is 1. The lowest BCUT2D eigenvalue weighted by molar-refractivity contribution is 0.0949. The SMILES string of the molecule is Cl.NCc1cc(C(=O)NC2CC2c2ccccc2)co1. The highest BCUT2D eigenvalue weighted by Gasteiger charge is 2.39. The molecule has 20 heavy (non-hydrogen) atoms. The molecule has 1 fully saturated rings. The number of nitrogens with one attached hydrogen (secondary N) is 1. The molecule has 0 bridgehead atoms. The number of hydrogen-bond acceptors (Lipinski definition) is 3. The minimum Gasteiger partial charge on any atom is -0.467 e. The van der Waals surface area contributed by atoms with Gasteiger partial charge in [0.05, 0.1) is 12.1 Å². The van der Waals surface area contributed by atoms with Gasteiger partial charge in [-0.15, -0.1) is 12.4 Å². The van der Waals surface area contributed by atoms with Crippen LogP contribution >= 0.6 is 12.4 Å². The van der Waals surface area contributed by atoms with Gasteiger partial charge in [0.1, 0.15) is 12.0 Å². The lowest BCUT2D eigenvalue weighted by Crippen LogP contribution is -2.26. The van der Waals surface area contributed by atoms with Gasteiger partial charge >= 0.3 is 0 Å². The van der Waals surface area contributed by atoms with Gasteiger partial charge in [0.25, 0.3) is 5.91 Å². The van der Waals surface area contributed by atoms with Crippen LogP contribution in [0.5, 0.6) is 0 Å². The summed E-state index contributed by atoms with van der Waals surface area (Å²) in [5.41, 5.74) is 7.27. The van der Waals surface area contributed by atoms with E-state index in [0.29, 0.717) is 23.8 Å². The number of carbonyl (C=O) groups is 1. The molecule has 3 N–H and O–H groups in total. The summed E-state index contributed by atoms with van der Waals surface area (Å²) in [6, 6.07) is 12.2. The predicted molar refractivity (Wildman–Crippen MR) is 78.9 cm³/mol. The van der Waals surface area contributed by atoms with Gasteiger partial charge in [-0.2, -0.15) is 0 Å². The lowest BCUT2D eigenvalue weighted by atomic mass is 10.1. The topological polar surface area (TPSA) is 68.3 Å². The van der Waals surface area contributed by atoms with Crippen molar-refractivity contribution in [3.05, 3.63) is 59.5 Å². The van der Waals surface area contributed by atoms with Crippen molar-refractivity contribution in [2.75, 3.05) is 0 Å². The van der Waals surface area contributed by atoms with Gasteiger partial charge in [0, 0.05) is 12.0 Å². The Labute approximate surface area is 123 Å². The average molecular weight is 293 g/mol. The number of hydrogen-bond donors (Lipinski definition) is 2. The summed E-state index contributed by atoms with van der Waals surface area (Å²) in [7, 11) is 0. The quantitative estimate of drug-likeness (QED) is 0.909. The van der Waals surface area contributed by atoms with Crippen molar-refractivity contribution >= 4 is 18.3 Å². The van der Waals surface area contributed by atoms with E-state index in [9.17, 15) is 4.79 Å². The van der Waals surface area contributed by atoms with Crippen LogP contribution in [0.2, 0.25) is 0 Å². The molecule has 106 valence electrons. The Balaban J connectivity index is 0.00000147. The molecule has 1 aliphatic carbocycles. The molecule has 3 rings (SSSR count). The van der Waals surface area contributed by atoms with Gasteiger partial charge in [0.15, 0.2) is 0 Å². The molecule has 1 saturated carbocycles. The molecule has 5 heteroatoms. The molecule has 2 aromatic rings. The third-order valence-corrected chi connectivity index (χ3v) is 3.45. The van der Waals surface area contributed by atoms with Gasteiger partial charge in [0.2, 0.25) is 0 Å². The molecule has 4 nitrogen and oxygen atoms in total. The third kappa shape index (κ3) is 3.03. The largest absolute Gasteiger partial charge is 0.467 e. The molecule has 1 heterocycles. The van der Waals surface area contributed by atoms with Crippen LogP contribution in [0, 0.1) is 0 Å². The predicted octanol–water partition coefficient (Wildman–Crippen LogP) is 2.45. The molecule has 0 radical (unpaired) electrons. The maximum Gasteiger partial charge on any atom is 0.254 e. The van der Waals surface area contributed by atoms with E-state index in [0.717, 1.165) is 6.42 Å². The van der Waals surface area contributed by atoms with Crippen molar-refractivity contribution in [2.24, 2.45) is 5.73 Å². The Hall–Kier alpha value is -1.78. The molecule has 2 unspecified atom stereocenters. The Kier molecular flexibility index (Phi) is 4.47. The van der Waals surface area contributed by atoms with E-state index >= 15 is 0 Å². The molecule has 2 atom stereocenters. The third-order valence-electron chi connectivity index (χ3n) is 3.45. The molecule has 0 spiro atoms. The smallest absolute Gasteiger partial charge is 0.254 e. The van der Waals surface area contributed by atoms with Crippen molar-refractivity contribution < 1.29 is 9.21 Å². The molecule has 1 aromatic heterocycles. The van der Waals surface area contributed by atoms with Crippen LogP contribution in [-0.2, 0) is 6.54 Å². The van der Waals surface area contributed by atoms with E-state index in [-0.39, 0.29) is 24.4 Å². The van der Waals surface area contributed by atoms with Gasteiger partial charge in [-0.25, -0.2) is 0 Å². The second-order valence-corrected chi connectivity index (χ2v) is 4.84. The highest BCUT2D eigenvalue weighted by Crippen LogP contribution is 2.40. The van der Waals surface area contributed by atoms with E-state index in [1.807, 2.05) is 18.2 Å². The van der Waals surface area contributed by atoms with Gasteiger partial charge in [-0.3, -0.25) is 4.79 Å².